The molecule has 7 heteroatoms. The van der Waals surface area contributed by atoms with Crippen LogP contribution in [0.3, 0.4) is 0 Å². The molecule has 0 aliphatic rings. The van der Waals surface area contributed by atoms with Gasteiger partial charge in [0.05, 0.1) is 7.06 Å². The standard InChI is InChI=1S/C18H17FN2O3S/c1-20-12-13-4-6-14(7-5-13)17-3-2-10-21(17)25(23,24)18-11-15(22)8-9-16(18)19/h2-11,20,22H,12H2,1H3/i6D. The van der Waals surface area contributed by atoms with E-state index in [2.05, 4.69) is 5.32 Å². The Morgan fingerprint density at radius 1 is 1.24 bits per heavy atom. The highest BCUT2D eigenvalue weighted by Gasteiger charge is 2.24. The van der Waals surface area contributed by atoms with Gasteiger partial charge in [-0.3, -0.25) is 0 Å². The van der Waals surface area contributed by atoms with Crippen LogP contribution in [0.1, 0.15) is 6.93 Å². The van der Waals surface area contributed by atoms with Crippen LogP contribution >= 0.6 is 0 Å². The number of phenolic OH excluding ortho intramolecular Hbond substituents is 1. The van der Waals surface area contributed by atoms with Gasteiger partial charge in [-0.1, -0.05) is 24.2 Å². The van der Waals surface area contributed by atoms with Crippen molar-refractivity contribution in [3.05, 3.63) is 72.2 Å². The molecule has 0 aliphatic heterocycles. The molecule has 0 atom stereocenters. The topological polar surface area (TPSA) is 71.3 Å². The molecule has 0 radical (unpaired) electrons. The van der Waals surface area contributed by atoms with Crippen LogP contribution in [-0.2, 0) is 16.6 Å². The van der Waals surface area contributed by atoms with Crippen molar-refractivity contribution in [2.24, 2.45) is 0 Å². The maximum atomic E-state index is 14.1. The van der Waals surface area contributed by atoms with E-state index in [0.717, 1.165) is 27.7 Å². The zero-order chi connectivity index (χ0) is 18.9. The molecule has 5 nitrogen and oxygen atoms in total. The number of nitrogens with one attached hydrogen (secondary N) is 1. The molecule has 2 N–H and O–H groups in total. The summed E-state index contributed by atoms with van der Waals surface area (Å²) in [6.07, 6.45) is 1.29. The van der Waals surface area contributed by atoms with Gasteiger partial charge >= 0.3 is 0 Å². The Labute approximate surface area is 146 Å². The molecule has 0 spiro atoms. The maximum Gasteiger partial charge on any atom is 0.271 e. The smallest absolute Gasteiger partial charge is 0.271 e. The summed E-state index contributed by atoms with van der Waals surface area (Å²) in [6.45, 7) is 0.583. The van der Waals surface area contributed by atoms with Gasteiger partial charge in [-0.05, 0) is 42.4 Å². The third-order valence-corrected chi connectivity index (χ3v) is 5.40. The van der Waals surface area contributed by atoms with Crippen molar-refractivity contribution in [1.82, 2.24) is 9.29 Å². The van der Waals surface area contributed by atoms with E-state index in [1.54, 1.807) is 31.3 Å². The lowest BCUT2D eigenvalue weighted by Gasteiger charge is -2.12. The van der Waals surface area contributed by atoms with Gasteiger partial charge in [-0.25, -0.2) is 16.8 Å². The van der Waals surface area contributed by atoms with Crippen LogP contribution < -0.4 is 5.32 Å². The summed E-state index contributed by atoms with van der Waals surface area (Å²) in [7, 11) is -2.49. The lowest BCUT2D eigenvalue weighted by atomic mass is 10.1. The van der Waals surface area contributed by atoms with E-state index in [1.165, 1.54) is 12.3 Å². The predicted molar refractivity (Wildman–Crippen MR) is 93.3 cm³/mol. The van der Waals surface area contributed by atoms with Crippen molar-refractivity contribution < 1.29 is 19.3 Å². The number of nitrogens with zero attached hydrogens (tertiary/aromatic N) is 1. The zero-order valence-corrected chi connectivity index (χ0v) is 14.2. The number of aromatic hydroxyl groups is 1. The Bertz CT molecular complexity index is 1060. The molecule has 0 unspecified atom stereocenters. The van der Waals surface area contributed by atoms with Crippen LogP contribution in [0.15, 0.2) is 65.7 Å². The highest BCUT2D eigenvalue weighted by atomic mass is 32.2. The minimum absolute atomic E-state index is 0.157. The molecular weight excluding hydrogens is 343 g/mol. The molecule has 130 valence electrons. The highest BCUT2D eigenvalue weighted by molar-refractivity contribution is 7.90. The minimum atomic E-state index is -4.28. The molecule has 1 aromatic heterocycles. The summed E-state index contributed by atoms with van der Waals surface area (Å²) in [5.41, 5.74) is 1.54. The highest BCUT2D eigenvalue weighted by Crippen LogP contribution is 2.28. The Hall–Kier alpha value is -2.64. The first-order valence-electron chi connectivity index (χ1n) is 8.00. The second-order valence-corrected chi connectivity index (χ2v) is 7.23. The van der Waals surface area contributed by atoms with Gasteiger partial charge in [-0.2, -0.15) is 0 Å². The fourth-order valence-corrected chi connectivity index (χ4v) is 3.96. The number of phenols is 1. The van der Waals surface area contributed by atoms with E-state index in [0.29, 0.717) is 12.1 Å². The molecule has 0 aliphatic carbocycles. The Kier molecular flexibility index (Phi) is 4.25. The summed E-state index contributed by atoms with van der Waals surface area (Å²) < 4.78 is 48.9. The third-order valence-electron chi connectivity index (χ3n) is 3.70. The average molecular weight is 361 g/mol. The van der Waals surface area contributed by atoms with Crippen LogP contribution in [0.25, 0.3) is 11.3 Å². The lowest BCUT2D eigenvalue weighted by molar-refractivity contribution is 0.468. The Morgan fingerprint density at radius 3 is 2.76 bits per heavy atom. The van der Waals surface area contributed by atoms with Gasteiger partial charge in [0.25, 0.3) is 10.0 Å². The van der Waals surface area contributed by atoms with Crippen molar-refractivity contribution in [2.45, 2.75) is 11.4 Å². The Balaban J connectivity index is 2.13. The second kappa shape index (κ2) is 6.70. The van der Waals surface area contributed by atoms with E-state index in [1.807, 2.05) is 0 Å². The van der Waals surface area contributed by atoms with Crippen molar-refractivity contribution in [2.75, 3.05) is 7.05 Å². The van der Waals surface area contributed by atoms with E-state index < -0.39 is 20.7 Å². The zero-order valence-electron chi connectivity index (χ0n) is 14.4. The molecule has 3 aromatic rings. The predicted octanol–water partition coefficient (Wildman–Crippen LogP) is 2.96. The summed E-state index contributed by atoms with van der Waals surface area (Å²) in [5, 5.41) is 12.5. The summed E-state index contributed by atoms with van der Waals surface area (Å²) >= 11 is 0. The quantitative estimate of drug-likeness (QED) is 0.733. The molecule has 1 heterocycles. The van der Waals surface area contributed by atoms with E-state index in [-0.39, 0.29) is 17.5 Å². The fourth-order valence-electron chi connectivity index (χ4n) is 2.51. The molecule has 2 aromatic carbocycles. The van der Waals surface area contributed by atoms with E-state index in [4.69, 9.17) is 1.37 Å². The molecule has 0 saturated carbocycles. The molecule has 3 rings (SSSR count). The maximum absolute atomic E-state index is 14.1. The number of aromatic nitrogens is 1. The van der Waals surface area contributed by atoms with Gasteiger partial charge in [0, 0.05) is 18.8 Å². The van der Waals surface area contributed by atoms with Crippen molar-refractivity contribution >= 4 is 10.0 Å². The largest absolute Gasteiger partial charge is 0.508 e. The summed E-state index contributed by atoms with van der Waals surface area (Å²) in [6, 6.07) is 11.2. The average Bonchev–Trinajstić information content (AvgIpc) is 3.07. The SMILES string of the molecule is [2H]c1cc(CNC)ccc1-c1cccn1S(=O)(=O)c1cc(O)ccc1F. The Morgan fingerprint density at radius 2 is 2.04 bits per heavy atom. The van der Waals surface area contributed by atoms with Crippen molar-refractivity contribution in [3.8, 4) is 17.0 Å². The van der Waals surface area contributed by atoms with Gasteiger partial charge in [0.1, 0.15) is 16.5 Å². The van der Waals surface area contributed by atoms with Gasteiger partial charge < -0.3 is 10.4 Å². The molecular formula is C18H17FN2O3S. The molecule has 0 bridgehead atoms. The van der Waals surface area contributed by atoms with Gasteiger partial charge in [0.2, 0.25) is 0 Å². The van der Waals surface area contributed by atoms with Gasteiger partial charge in [-0.15, -0.1) is 0 Å². The van der Waals surface area contributed by atoms with E-state index >= 15 is 0 Å². The molecule has 0 amide bonds. The molecule has 0 fully saturated rings. The number of halogens is 1. The van der Waals surface area contributed by atoms with Crippen molar-refractivity contribution in [3.63, 3.8) is 0 Å². The van der Waals surface area contributed by atoms with Crippen LogP contribution in [0.2, 0.25) is 0 Å². The number of benzene rings is 2. The van der Waals surface area contributed by atoms with Crippen molar-refractivity contribution in [1.29, 1.82) is 0 Å². The first-order chi connectivity index (χ1) is 12.3. The fraction of sp³-hybridized carbons (Fsp3) is 0.111. The van der Waals surface area contributed by atoms with E-state index in [9.17, 15) is 17.9 Å². The van der Waals surface area contributed by atoms with Crippen LogP contribution in [0.5, 0.6) is 5.75 Å². The summed E-state index contributed by atoms with van der Waals surface area (Å²) in [5.74, 6) is -1.31. The molecule has 0 saturated heterocycles. The van der Waals surface area contributed by atoms with Gasteiger partial charge in [0.15, 0.2) is 0 Å². The monoisotopic (exact) mass is 361 g/mol. The number of hydrogen-bond acceptors (Lipinski definition) is 4. The lowest BCUT2D eigenvalue weighted by Crippen LogP contribution is -2.14. The first kappa shape index (κ1) is 15.9. The normalized spacial score (nSPS) is 12.2. The minimum Gasteiger partial charge on any atom is -0.508 e. The third kappa shape index (κ3) is 3.29. The first-order valence-corrected chi connectivity index (χ1v) is 8.94. The van der Waals surface area contributed by atoms with Crippen LogP contribution in [-0.4, -0.2) is 24.5 Å². The second-order valence-electron chi connectivity index (χ2n) is 5.45. The summed E-state index contributed by atoms with van der Waals surface area (Å²) in [4.78, 5) is -0.631. The number of rotatable bonds is 5. The van der Waals surface area contributed by atoms with Crippen LogP contribution in [0.4, 0.5) is 4.39 Å². The van der Waals surface area contributed by atoms with Crippen LogP contribution in [0, 0.1) is 5.82 Å². The molecule has 25 heavy (non-hydrogen) atoms. The number of hydrogen-bond donors (Lipinski definition) is 2.